The van der Waals surface area contributed by atoms with Gasteiger partial charge in [-0.25, -0.2) is 0 Å². The van der Waals surface area contributed by atoms with E-state index in [0.717, 1.165) is 17.9 Å². The summed E-state index contributed by atoms with van der Waals surface area (Å²) in [7, 11) is 0. The fraction of sp³-hybridized carbons (Fsp3) is 0.357. The quantitative estimate of drug-likeness (QED) is 0.689. The molecule has 16 heavy (non-hydrogen) atoms. The van der Waals surface area contributed by atoms with Gasteiger partial charge in [-0.3, -0.25) is 0 Å². The Balaban J connectivity index is 2.92. The molecule has 0 saturated heterocycles. The average molecular weight is 219 g/mol. The molecule has 0 unspecified atom stereocenters. The van der Waals surface area contributed by atoms with Crippen LogP contribution in [-0.4, -0.2) is 23.4 Å². The molecule has 0 amide bonds. The molecule has 2 nitrogen and oxygen atoms in total. The van der Waals surface area contributed by atoms with Crippen LogP contribution in [0.15, 0.2) is 36.9 Å². The molecule has 0 saturated carbocycles. The second kappa shape index (κ2) is 7.20. The Bertz CT molecular complexity index is 314. The van der Waals surface area contributed by atoms with Crippen LogP contribution in [0.2, 0.25) is 0 Å². The Morgan fingerprint density at radius 2 is 1.75 bits per heavy atom. The molecule has 0 atom stereocenters. The van der Waals surface area contributed by atoms with E-state index < -0.39 is 0 Å². The van der Waals surface area contributed by atoms with Crippen molar-refractivity contribution in [2.24, 2.45) is 0 Å². The van der Waals surface area contributed by atoms with Gasteiger partial charge in [0.1, 0.15) is 0 Å². The van der Waals surface area contributed by atoms with Crippen LogP contribution in [0.1, 0.15) is 24.0 Å². The van der Waals surface area contributed by atoms with Crippen LogP contribution >= 0.6 is 0 Å². The third kappa shape index (κ3) is 3.47. The van der Waals surface area contributed by atoms with Crippen LogP contribution in [0.3, 0.4) is 0 Å². The summed E-state index contributed by atoms with van der Waals surface area (Å²) in [6.45, 7) is 3.99. The lowest BCUT2D eigenvalue weighted by molar-refractivity contribution is 0.270. The molecule has 0 spiro atoms. The van der Waals surface area contributed by atoms with Crippen molar-refractivity contribution in [1.29, 1.82) is 0 Å². The predicted octanol–water partition coefficient (Wildman–Crippen LogP) is 2.10. The summed E-state index contributed by atoms with van der Waals surface area (Å²) in [5.74, 6) is 1.11. The highest BCUT2D eigenvalue weighted by molar-refractivity contribution is 5.39. The summed E-state index contributed by atoms with van der Waals surface area (Å²) in [6, 6.07) is 8.08. The molecule has 1 radical (unpaired) electrons. The fourth-order valence-electron chi connectivity index (χ4n) is 1.86. The number of aliphatic hydroxyl groups excluding tert-OH is 2. The van der Waals surface area contributed by atoms with Crippen molar-refractivity contribution in [3.63, 3.8) is 0 Å². The fourth-order valence-corrected chi connectivity index (χ4v) is 1.86. The van der Waals surface area contributed by atoms with Crippen LogP contribution in [0.25, 0.3) is 0 Å². The molecule has 0 aromatic heterocycles. The van der Waals surface area contributed by atoms with Crippen LogP contribution in [0.4, 0.5) is 0 Å². The Morgan fingerprint density at radius 1 is 1.12 bits per heavy atom. The second-order valence-corrected chi connectivity index (χ2v) is 3.70. The Hall–Kier alpha value is -1.12. The average Bonchev–Trinajstić information content (AvgIpc) is 2.30. The van der Waals surface area contributed by atoms with E-state index in [1.165, 1.54) is 5.56 Å². The minimum atomic E-state index is 0.123. The third-order valence-electron chi connectivity index (χ3n) is 2.59. The zero-order chi connectivity index (χ0) is 11.8. The van der Waals surface area contributed by atoms with Gasteiger partial charge in [-0.15, -0.1) is 6.58 Å². The molecule has 0 aliphatic carbocycles. The van der Waals surface area contributed by atoms with Gasteiger partial charge in [-0.1, -0.05) is 30.3 Å². The van der Waals surface area contributed by atoms with Gasteiger partial charge < -0.3 is 10.2 Å². The zero-order valence-electron chi connectivity index (χ0n) is 9.52. The first kappa shape index (κ1) is 12.9. The predicted molar refractivity (Wildman–Crippen MR) is 66.1 cm³/mol. The molecule has 87 valence electrons. The molecule has 2 heteroatoms. The normalized spacial score (nSPS) is 10.7. The monoisotopic (exact) mass is 219 g/mol. The number of allylic oxidation sites excluding steroid dienone is 1. The Morgan fingerprint density at radius 3 is 2.31 bits per heavy atom. The van der Waals surface area contributed by atoms with E-state index in [4.69, 9.17) is 10.2 Å². The van der Waals surface area contributed by atoms with Crippen molar-refractivity contribution < 1.29 is 10.2 Å². The van der Waals surface area contributed by atoms with Gasteiger partial charge in [-0.2, -0.15) is 0 Å². The highest BCUT2D eigenvalue weighted by Gasteiger charge is 2.14. The maximum atomic E-state index is 9.02. The highest BCUT2D eigenvalue weighted by Crippen LogP contribution is 2.25. The molecule has 2 N–H and O–H groups in total. The van der Waals surface area contributed by atoms with Crippen LogP contribution in [-0.2, 0) is 6.42 Å². The van der Waals surface area contributed by atoms with Gasteiger partial charge in [0.15, 0.2) is 0 Å². The van der Waals surface area contributed by atoms with E-state index in [1.54, 1.807) is 0 Å². The summed E-state index contributed by atoms with van der Waals surface area (Å²) in [5.41, 5.74) is 2.35. The standard InChI is InChI=1S/C14H19O2/c1-2-5-12-6-3-4-7-14(12)13(8-10-15)9-11-16/h2-4,6-7,15-16H,1,5,8-11H2. The first-order chi connectivity index (χ1) is 7.83. The van der Waals surface area contributed by atoms with Crippen molar-refractivity contribution >= 4 is 0 Å². The van der Waals surface area contributed by atoms with Gasteiger partial charge >= 0.3 is 0 Å². The Kier molecular flexibility index (Phi) is 5.83. The van der Waals surface area contributed by atoms with E-state index in [2.05, 4.69) is 12.6 Å². The van der Waals surface area contributed by atoms with Gasteiger partial charge in [0.25, 0.3) is 0 Å². The molecule has 0 heterocycles. The first-order valence-corrected chi connectivity index (χ1v) is 5.59. The second-order valence-electron chi connectivity index (χ2n) is 3.70. The van der Waals surface area contributed by atoms with Crippen molar-refractivity contribution in [1.82, 2.24) is 0 Å². The van der Waals surface area contributed by atoms with Crippen LogP contribution in [0, 0.1) is 5.92 Å². The smallest absolute Gasteiger partial charge is 0.0439 e. The van der Waals surface area contributed by atoms with Gasteiger partial charge in [0.2, 0.25) is 0 Å². The Labute approximate surface area is 97.2 Å². The molecular formula is C14H19O2. The highest BCUT2D eigenvalue weighted by atomic mass is 16.3. The molecular weight excluding hydrogens is 200 g/mol. The zero-order valence-corrected chi connectivity index (χ0v) is 9.52. The summed E-state index contributed by atoms with van der Waals surface area (Å²) in [5, 5.41) is 18.0. The maximum Gasteiger partial charge on any atom is 0.0439 e. The molecule has 1 aromatic carbocycles. The van der Waals surface area contributed by atoms with Crippen molar-refractivity contribution in [3.05, 3.63) is 54.0 Å². The molecule has 1 aromatic rings. The molecule has 1 rings (SSSR count). The number of hydrogen-bond donors (Lipinski definition) is 2. The minimum Gasteiger partial charge on any atom is -0.396 e. The van der Waals surface area contributed by atoms with Crippen molar-refractivity contribution in [3.8, 4) is 0 Å². The van der Waals surface area contributed by atoms with Gasteiger partial charge in [-0.05, 0) is 30.4 Å². The van der Waals surface area contributed by atoms with E-state index in [1.807, 2.05) is 24.3 Å². The lowest BCUT2D eigenvalue weighted by Gasteiger charge is -2.17. The third-order valence-corrected chi connectivity index (χ3v) is 2.59. The largest absolute Gasteiger partial charge is 0.396 e. The number of hydrogen-bond acceptors (Lipinski definition) is 2. The van der Waals surface area contributed by atoms with E-state index in [9.17, 15) is 0 Å². The lowest BCUT2D eigenvalue weighted by atomic mass is 9.88. The molecule has 0 bridgehead atoms. The van der Waals surface area contributed by atoms with Crippen LogP contribution in [0.5, 0.6) is 0 Å². The van der Waals surface area contributed by atoms with Crippen molar-refractivity contribution in [2.75, 3.05) is 13.2 Å². The van der Waals surface area contributed by atoms with Crippen LogP contribution < -0.4 is 0 Å². The number of aliphatic hydroxyl groups is 2. The molecule has 0 fully saturated rings. The summed E-state index contributed by atoms with van der Waals surface area (Å²) < 4.78 is 0. The van der Waals surface area contributed by atoms with Gasteiger partial charge in [0, 0.05) is 19.1 Å². The number of benzene rings is 1. The SMILES string of the molecule is C=CCc1ccccc1[C](CCO)CCO. The van der Waals surface area contributed by atoms with E-state index >= 15 is 0 Å². The summed E-state index contributed by atoms with van der Waals surface area (Å²) >= 11 is 0. The topological polar surface area (TPSA) is 40.5 Å². The van der Waals surface area contributed by atoms with Crippen molar-refractivity contribution in [2.45, 2.75) is 19.3 Å². The summed E-state index contributed by atoms with van der Waals surface area (Å²) in [4.78, 5) is 0. The van der Waals surface area contributed by atoms with Gasteiger partial charge in [0.05, 0.1) is 0 Å². The van der Waals surface area contributed by atoms with E-state index in [0.29, 0.717) is 12.8 Å². The maximum absolute atomic E-state index is 9.02. The number of rotatable bonds is 7. The first-order valence-electron chi connectivity index (χ1n) is 5.59. The molecule has 0 aliphatic rings. The lowest BCUT2D eigenvalue weighted by Crippen LogP contribution is -2.08. The molecule has 0 aliphatic heterocycles. The van der Waals surface area contributed by atoms with E-state index in [-0.39, 0.29) is 13.2 Å². The summed E-state index contributed by atoms with van der Waals surface area (Å²) in [6.07, 6.45) is 3.92. The minimum absolute atomic E-state index is 0.123.